The van der Waals surface area contributed by atoms with Gasteiger partial charge in [0.25, 0.3) is 0 Å². The smallest absolute Gasteiger partial charge is 0.126 e. The van der Waals surface area contributed by atoms with Gasteiger partial charge in [0.2, 0.25) is 0 Å². The van der Waals surface area contributed by atoms with Gasteiger partial charge in [0, 0.05) is 6.42 Å². The number of hydrogen-bond donors (Lipinski definition) is 1. The lowest BCUT2D eigenvalue weighted by molar-refractivity contribution is -0.0165. The lowest BCUT2D eigenvalue weighted by Gasteiger charge is -2.35. The van der Waals surface area contributed by atoms with E-state index in [0.717, 1.165) is 12.8 Å². The molecule has 1 N–H and O–H groups in total. The largest absolute Gasteiger partial charge is 0.390 e. The van der Waals surface area contributed by atoms with E-state index in [1.807, 2.05) is 13.0 Å². The topological polar surface area (TPSA) is 20.2 Å². The Morgan fingerprint density at radius 1 is 1.24 bits per heavy atom. The SMILES string of the molecule is CC(O)(Cc1ccccc1F)C1CCCCC1. The molecule has 1 saturated carbocycles. The fraction of sp³-hybridized carbons (Fsp3) is 0.600. The van der Waals surface area contributed by atoms with Gasteiger partial charge in [0.15, 0.2) is 0 Å². The van der Waals surface area contributed by atoms with Crippen LogP contribution in [0.3, 0.4) is 0 Å². The highest BCUT2D eigenvalue weighted by atomic mass is 19.1. The van der Waals surface area contributed by atoms with Crippen LogP contribution in [0.5, 0.6) is 0 Å². The Morgan fingerprint density at radius 3 is 2.53 bits per heavy atom. The van der Waals surface area contributed by atoms with Crippen LogP contribution in [0.15, 0.2) is 24.3 Å². The number of benzene rings is 1. The number of aliphatic hydroxyl groups is 1. The van der Waals surface area contributed by atoms with Crippen LogP contribution in [-0.4, -0.2) is 10.7 Å². The quantitative estimate of drug-likeness (QED) is 0.848. The third-order valence-corrected chi connectivity index (χ3v) is 3.99. The molecule has 1 aliphatic rings. The summed E-state index contributed by atoms with van der Waals surface area (Å²) in [6.07, 6.45) is 6.22. The first kappa shape index (κ1) is 12.6. The molecule has 1 fully saturated rings. The third kappa shape index (κ3) is 3.06. The van der Waals surface area contributed by atoms with Crippen molar-refractivity contribution in [2.45, 2.75) is 51.0 Å². The highest BCUT2D eigenvalue weighted by Gasteiger charge is 2.33. The Kier molecular flexibility index (Phi) is 3.82. The fourth-order valence-corrected chi connectivity index (χ4v) is 2.90. The molecule has 0 bridgehead atoms. The van der Waals surface area contributed by atoms with Gasteiger partial charge in [0.05, 0.1) is 5.60 Å². The van der Waals surface area contributed by atoms with Crippen LogP contribution in [-0.2, 0) is 6.42 Å². The van der Waals surface area contributed by atoms with E-state index in [2.05, 4.69) is 0 Å². The van der Waals surface area contributed by atoms with E-state index in [1.165, 1.54) is 25.3 Å². The lowest BCUT2D eigenvalue weighted by Crippen LogP contribution is -2.38. The monoisotopic (exact) mass is 236 g/mol. The molecule has 1 aromatic rings. The van der Waals surface area contributed by atoms with E-state index in [1.54, 1.807) is 12.1 Å². The van der Waals surface area contributed by atoms with Gasteiger partial charge >= 0.3 is 0 Å². The predicted molar refractivity (Wildman–Crippen MR) is 67.3 cm³/mol. The average molecular weight is 236 g/mol. The summed E-state index contributed by atoms with van der Waals surface area (Å²) in [5.74, 6) is 0.111. The maximum absolute atomic E-state index is 13.6. The van der Waals surface area contributed by atoms with Gasteiger partial charge in [-0.3, -0.25) is 0 Å². The summed E-state index contributed by atoms with van der Waals surface area (Å²) in [7, 11) is 0. The summed E-state index contributed by atoms with van der Waals surface area (Å²) in [4.78, 5) is 0. The minimum absolute atomic E-state index is 0.205. The van der Waals surface area contributed by atoms with Crippen LogP contribution in [0.2, 0.25) is 0 Å². The lowest BCUT2D eigenvalue weighted by atomic mass is 9.75. The zero-order valence-corrected chi connectivity index (χ0v) is 10.5. The Balaban J connectivity index is 2.08. The highest BCUT2D eigenvalue weighted by molar-refractivity contribution is 5.19. The molecule has 2 heteroatoms. The first-order chi connectivity index (χ1) is 8.09. The summed E-state index contributed by atoms with van der Waals surface area (Å²) in [5.41, 5.74) is -0.147. The maximum Gasteiger partial charge on any atom is 0.126 e. The summed E-state index contributed by atoms with van der Waals surface area (Å²) in [5, 5.41) is 10.6. The van der Waals surface area contributed by atoms with Crippen LogP contribution < -0.4 is 0 Å². The molecule has 17 heavy (non-hydrogen) atoms. The summed E-state index contributed by atoms with van der Waals surface area (Å²) in [6, 6.07) is 6.75. The van der Waals surface area contributed by atoms with E-state index in [4.69, 9.17) is 0 Å². The molecule has 1 aliphatic carbocycles. The Bertz CT molecular complexity index is 367. The van der Waals surface area contributed by atoms with Gasteiger partial charge in [-0.2, -0.15) is 0 Å². The van der Waals surface area contributed by atoms with Crippen molar-refractivity contribution in [1.82, 2.24) is 0 Å². The molecule has 0 amide bonds. The van der Waals surface area contributed by atoms with Crippen LogP contribution >= 0.6 is 0 Å². The molecule has 1 nitrogen and oxygen atoms in total. The van der Waals surface area contributed by atoms with Gasteiger partial charge in [-0.1, -0.05) is 37.5 Å². The molecule has 94 valence electrons. The molecular weight excluding hydrogens is 215 g/mol. The van der Waals surface area contributed by atoms with E-state index in [-0.39, 0.29) is 5.82 Å². The van der Waals surface area contributed by atoms with Crippen molar-refractivity contribution in [3.63, 3.8) is 0 Å². The maximum atomic E-state index is 13.6. The zero-order chi connectivity index (χ0) is 12.3. The van der Waals surface area contributed by atoms with Crippen molar-refractivity contribution >= 4 is 0 Å². The van der Waals surface area contributed by atoms with Gasteiger partial charge < -0.3 is 5.11 Å². The van der Waals surface area contributed by atoms with Crippen molar-refractivity contribution in [3.8, 4) is 0 Å². The first-order valence-corrected chi connectivity index (χ1v) is 6.55. The van der Waals surface area contributed by atoms with E-state index < -0.39 is 5.60 Å². The van der Waals surface area contributed by atoms with Gasteiger partial charge in [0.1, 0.15) is 5.82 Å². The Hall–Kier alpha value is -0.890. The van der Waals surface area contributed by atoms with E-state index in [9.17, 15) is 9.50 Å². The minimum atomic E-state index is -0.775. The zero-order valence-electron chi connectivity index (χ0n) is 10.5. The first-order valence-electron chi connectivity index (χ1n) is 6.55. The number of halogens is 1. The van der Waals surface area contributed by atoms with Gasteiger partial charge in [-0.25, -0.2) is 4.39 Å². The van der Waals surface area contributed by atoms with Crippen molar-refractivity contribution in [1.29, 1.82) is 0 Å². The van der Waals surface area contributed by atoms with Crippen molar-refractivity contribution in [2.24, 2.45) is 5.92 Å². The molecule has 0 spiro atoms. The molecule has 1 aromatic carbocycles. The normalized spacial score (nSPS) is 21.1. The molecular formula is C15H21FO. The van der Waals surface area contributed by atoms with E-state index >= 15 is 0 Å². The standard InChI is InChI=1S/C15H21FO/c1-15(17,13-8-3-2-4-9-13)11-12-7-5-6-10-14(12)16/h5-7,10,13,17H,2-4,8-9,11H2,1H3. The Morgan fingerprint density at radius 2 is 1.88 bits per heavy atom. The van der Waals surface area contributed by atoms with Crippen LogP contribution in [0.25, 0.3) is 0 Å². The highest BCUT2D eigenvalue weighted by Crippen LogP contribution is 2.34. The van der Waals surface area contributed by atoms with Crippen molar-refractivity contribution < 1.29 is 9.50 Å². The number of rotatable bonds is 3. The average Bonchev–Trinajstić information content (AvgIpc) is 2.33. The molecule has 1 atom stereocenters. The minimum Gasteiger partial charge on any atom is -0.390 e. The van der Waals surface area contributed by atoms with Gasteiger partial charge in [-0.15, -0.1) is 0 Å². The van der Waals surface area contributed by atoms with Crippen LogP contribution in [0.1, 0.15) is 44.6 Å². The fourth-order valence-electron chi connectivity index (χ4n) is 2.90. The molecule has 0 radical (unpaired) electrons. The van der Waals surface area contributed by atoms with Crippen molar-refractivity contribution in [3.05, 3.63) is 35.6 Å². The predicted octanol–water partition coefficient (Wildman–Crippen LogP) is 3.70. The molecule has 2 rings (SSSR count). The van der Waals surface area contributed by atoms with Crippen LogP contribution in [0.4, 0.5) is 4.39 Å². The summed E-state index contributed by atoms with van der Waals surface area (Å²) in [6.45, 7) is 1.86. The second-order valence-electron chi connectivity index (χ2n) is 5.46. The molecule has 0 aromatic heterocycles. The number of hydrogen-bond acceptors (Lipinski definition) is 1. The molecule has 1 unspecified atom stereocenters. The summed E-state index contributed by atoms with van der Waals surface area (Å²) < 4.78 is 13.6. The van der Waals surface area contributed by atoms with Gasteiger partial charge in [-0.05, 0) is 37.3 Å². The second-order valence-corrected chi connectivity index (χ2v) is 5.46. The Labute approximate surface area is 103 Å². The molecule has 0 heterocycles. The van der Waals surface area contributed by atoms with E-state index in [0.29, 0.717) is 17.9 Å². The second kappa shape index (κ2) is 5.18. The summed E-state index contributed by atoms with van der Waals surface area (Å²) >= 11 is 0. The van der Waals surface area contributed by atoms with Crippen molar-refractivity contribution in [2.75, 3.05) is 0 Å². The molecule has 0 aliphatic heterocycles. The molecule has 0 saturated heterocycles. The van der Waals surface area contributed by atoms with Crippen LogP contribution in [0, 0.1) is 11.7 Å². The third-order valence-electron chi connectivity index (χ3n) is 3.99.